The van der Waals surface area contributed by atoms with Crippen LogP contribution in [0.5, 0.6) is 28.7 Å². The van der Waals surface area contributed by atoms with E-state index in [-0.39, 0.29) is 69.4 Å². The van der Waals surface area contributed by atoms with Gasteiger partial charge in [0.05, 0.1) is 0 Å². The zero-order valence-corrected chi connectivity index (χ0v) is 15.1. The van der Waals surface area contributed by atoms with Gasteiger partial charge in [0.25, 0.3) is 0 Å². The average Bonchev–Trinajstić information content (AvgIpc) is 2.45. The SMILES string of the molecule is O=c1c(O)c(-c2ccc(O)c(O)c2)oc2cc(O)cc(O)c12.[La]. The summed E-state index contributed by atoms with van der Waals surface area (Å²) < 4.78 is 5.35. The van der Waals surface area contributed by atoms with Crippen molar-refractivity contribution in [1.82, 2.24) is 0 Å². The fourth-order valence-electron chi connectivity index (χ4n) is 2.14. The van der Waals surface area contributed by atoms with Crippen LogP contribution in [-0.4, -0.2) is 25.5 Å². The fourth-order valence-corrected chi connectivity index (χ4v) is 2.14. The Hall–Kier alpha value is -2.16. The predicted molar refractivity (Wildman–Crippen MR) is 76.2 cm³/mol. The third kappa shape index (κ3) is 2.88. The number of phenolic OH excluding ortho intramolecular Hbond substituents is 4. The molecule has 1 heterocycles. The Kier molecular flexibility index (Phi) is 4.60. The standard InChI is InChI=1S/C15H10O7.La/c16-7-4-10(19)12-11(5-7)22-15(14(21)13(12)20)6-1-2-8(17)9(18)3-6;/h1-5,16-19,21H;. The molecular weight excluding hydrogens is 431 g/mol. The molecule has 7 nitrogen and oxygen atoms in total. The third-order valence-corrected chi connectivity index (χ3v) is 3.17. The van der Waals surface area contributed by atoms with Crippen molar-refractivity contribution < 1.29 is 65.5 Å². The van der Waals surface area contributed by atoms with Crippen LogP contribution in [0.15, 0.2) is 39.5 Å². The molecule has 0 bridgehead atoms. The maximum Gasteiger partial charge on any atom is 0.238 e. The van der Waals surface area contributed by atoms with Crippen molar-refractivity contribution in [1.29, 1.82) is 0 Å². The molecule has 3 aromatic rings. The number of phenols is 4. The summed E-state index contributed by atoms with van der Waals surface area (Å²) in [5.41, 5.74) is -0.890. The Bertz CT molecular complexity index is 962. The smallest absolute Gasteiger partial charge is 0.238 e. The van der Waals surface area contributed by atoms with E-state index in [0.29, 0.717) is 0 Å². The van der Waals surface area contributed by atoms with E-state index in [9.17, 15) is 30.3 Å². The summed E-state index contributed by atoms with van der Waals surface area (Å²) in [6.07, 6.45) is 0. The summed E-state index contributed by atoms with van der Waals surface area (Å²) in [4.78, 5) is 12.1. The van der Waals surface area contributed by atoms with Gasteiger partial charge in [0.2, 0.25) is 11.2 Å². The largest absolute Gasteiger partial charge is 0.508 e. The van der Waals surface area contributed by atoms with Crippen LogP contribution in [0.4, 0.5) is 0 Å². The van der Waals surface area contributed by atoms with Crippen molar-refractivity contribution in [2.45, 2.75) is 0 Å². The minimum Gasteiger partial charge on any atom is -0.508 e. The predicted octanol–water partition coefficient (Wildman–Crippen LogP) is 1.99. The minimum atomic E-state index is -0.888. The molecule has 0 unspecified atom stereocenters. The molecule has 0 aliphatic rings. The number of benzene rings is 2. The van der Waals surface area contributed by atoms with Crippen molar-refractivity contribution in [2.75, 3.05) is 0 Å². The Morgan fingerprint density at radius 2 is 1.52 bits per heavy atom. The first kappa shape index (κ1) is 17.2. The van der Waals surface area contributed by atoms with E-state index in [1.54, 1.807) is 0 Å². The zero-order chi connectivity index (χ0) is 16.0. The van der Waals surface area contributed by atoms with Crippen LogP contribution in [0.3, 0.4) is 0 Å². The summed E-state index contributed by atoms with van der Waals surface area (Å²) in [6.45, 7) is 0. The van der Waals surface area contributed by atoms with Crippen LogP contribution in [-0.2, 0) is 0 Å². The van der Waals surface area contributed by atoms with Gasteiger partial charge in [0.1, 0.15) is 22.5 Å². The molecule has 8 heteroatoms. The summed E-state index contributed by atoms with van der Waals surface area (Å²) in [5, 5.41) is 47.6. The van der Waals surface area contributed by atoms with Crippen LogP contribution in [0.25, 0.3) is 22.3 Å². The van der Waals surface area contributed by atoms with Crippen LogP contribution in [0.2, 0.25) is 0 Å². The Labute approximate surface area is 156 Å². The van der Waals surface area contributed by atoms with E-state index in [4.69, 9.17) is 4.42 Å². The van der Waals surface area contributed by atoms with Crippen molar-refractivity contribution in [2.24, 2.45) is 0 Å². The fraction of sp³-hybridized carbons (Fsp3) is 0. The van der Waals surface area contributed by atoms with Crippen LogP contribution in [0.1, 0.15) is 0 Å². The molecule has 2 aromatic carbocycles. The second kappa shape index (κ2) is 6.15. The molecule has 23 heavy (non-hydrogen) atoms. The van der Waals surface area contributed by atoms with Gasteiger partial charge in [-0.3, -0.25) is 4.79 Å². The van der Waals surface area contributed by atoms with Gasteiger partial charge in [-0.25, -0.2) is 0 Å². The zero-order valence-electron chi connectivity index (χ0n) is 11.5. The van der Waals surface area contributed by atoms with Crippen molar-refractivity contribution >= 4 is 11.0 Å². The van der Waals surface area contributed by atoms with Gasteiger partial charge in [0.15, 0.2) is 17.3 Å². The molecule has 0 saturated heterocycles. The molecule has 0 saturated carbocycles. The monoisotopic (exact) mass is 441 g/mol. The van der Waals surface area contributed by atoms with E-state index in [0.717, 1.165) is 24.3 Å². The molecule has 115 valence electrons. The van der Waals surface area contributed by atoms with Crippen molar-refractivity contribution in [3.05, 3.63) is 40.6 Å². The van der Waals surface area contributed by atoms with E-state index in [2.05, 4.69) is 0 Å². The van der Waals surface area contributed by atoms with Gasteiger partial charge in [-0.15, -0.1) is 0 Å². The van der Waals surface area contributed by atoms with Gasteiger partial charge in [0, 0.05) is 53.3 Å². The Morgan fingerprint density at radius 1 is 0.826 bits per heavy atom. The number of hydrogen-bond acceptors (Lipinski definition) is 7. The van der Waals surface area contributed by atoms with Crippen molar-refractivity contribution in [3.8, 4) is 40.1 Å². The summed E-state index contributed by atoms with van der Waals surface area (Å²) >= 11 is 0. The van der Waals surface area contributed by atoms with Gasteiger partial charge < -0.3 is 29.9 Å². The molecule has 1 radical (unpaired) electrons. The van der Waals surface area contributed by atoms with E-state index in [1.807, 2.05) is 0 Å². The number of hydrogen-bond donors (Lipinski definition) is 5. The first-order valence-corrected chi connectivity index (χ1v) is 6.12. The Morgan fingerprint density at radius 3 is 2.17 bits per heavy atom. The van der Waals surface area contributed by atoms with Gasteiger partial charge in [-0.1, -0.05) is 0 Å². The van der Waals surface area contributed by atoms with Gasteiger partial charge >= 0.3 is 0 Å². The molecule has 0 aliphatic heterocycles. The first-order valence-electron chi connectivity index (χ1n) is 6.12. The average molecular weight is 441 g/mol. The maximum absolute atomic E-state index is 12.1. The number of rotatable bonds is 1. The molecule has 0 amide bonds. The van der Waals surface area contributed by atoms with Crippen LogP contribution < -0.4 is 5.43 Å². The second-order valence-corrected chi connectivity index (χ2v) is 4.65. The van der Waals surface area contributed by atoms with Crippen LogP contribution >= 0.6 is 0 Å². The molecule has 0 fully saturated rings. The topological polar surface area (TPSA) is 131 Å². The molecule has 5 N–H and O–H groups in total. The first-order chi connectivity index (χ1) is 10.4. The van der Waals surface area contributed by atoms with Crippen LogP contribution in [0, 0.1) is 35.6 Å². The summed E-state index contributed by atoms with van der Waals surface area (Å²) in [7, 11) is 0. The Balaban J connectivity index is 0.00000192. The molecular formula is C15H10LaO7. The van der Waals surface area contributed by atoms with Gasteiger partial charge in [-0.2, -0.15) is 0 Å². The molecule has 0 aliphatic carbocycles. The van der Waals surface area contributed by atoms with Crippen molar-refractivity contribution in [3.63, 3.8) is 0 Å². The van der Waals surface area contributed by atoms with E-state index < -0.39 is 22.7 Å². The van der Waals surface area contributed by atoms with E-state index >= 15 is 0 Å². The van der Waals surface area contributed by atoms with Gasteiger partial charge in [-0.05, 0) is 18.2 Å². The maximum atomic E-state index is 12.1. The molecule has 1 aromatic heterocycles. The summed E-state index contributed by atoms with van der Waals surface area (Å²) in [6, 6.07) is 5.64. The molecule has 0 atom stereocenters. The number of aromatic hydroxyl groups is 5. The summed E-state index contributed by atoms with van der Waals surface area (Å²) in [5.74, 6) is -2.71. The molecule has 0 spiro atoms. The normalized spacial score (nSPS) is 10.4. The van der Waals surface area contributed by atoms with E-state index in [1.165, 1.54) is 6.07 Å². The minimum absolute atomic E-state index is 0. The second-order valence-electron chi connectivity index (χ2n) is 4.65. The number of fused-ring (bicyclic) bond motifs is 1. The quantitative estimate of drug-likeness (QED) is 0.365. The third-order valence-electron chi connectivity index (χ3n) is 3.17. The molecule has 3 rings (SSSR count).